The van der Waals surface area contributed by atoms with Crippen molar-refractivity contribution in [3.63, 3.8) is 0 Å². The molecule has 1 aliphatic carbocycles. The van der Waals surface area contributed by atoms with Gasteiger partial charge in [-0.25, -0.2) is 0 Å². The van der Waals surface area contributed by atoms with Crippen LogP contribution in [0.1, 0.15) is 25.7 Å². The third-order valence-electron chi connectivity index (χ3n) is 2.51. The molecule has 14 heavy (non-hydrogen) atoms. The van der Waals surface area contributed by atoms with Crippen molar-refractivity contribution in [2.75, 3.05) is 6.26 Å². The van der Waals surface area contributed by atoms with E-state index in [-0.39, 0.29) is 12.0 Å². The third kappa shape index (κ3) is 3.21. The molecule has 1 rings (SSSR count). The van der Waals surface area contributed by atoms with Crippen LogP contribution in [0.5, 0.6) is 0 Å². The fourth-order valence-electron chi connectivity index (χ4n) is 1.74. The second kappa shape index (κ2) is 5.24. The highest BCUT2D eigenvalue weighted by Crippen LogP contribution is 2.26. The molecule has 2 unspecified atom stereocenters. The SMILES string of the molecule is CSC(N)=NC1CCCC(C(=O)O)C1. The molecule has 1 fully saturated rings. The lowest BCUT2D eigenvalue weighted by molar-refractivity contribution is -0.142. The van der Waals surface area contributed by atoms with Crippen LogP contribution >= 0.6 is 11.8 Å². The van der Waals surface area contributed by atoms with E-state index in [4.69, 9.17) is 10.8 Å². The molecule has 0 heterocycles. The minimum Gasteiger partial charge on any atom is -0.481 e. The first kappa shape index (κ1) is 11.4. The Kier molecular flexibility index (Phi) is 4.25. The summed E-state index contributed by atoms with van der Waals surface area (Å²) in [6.07, 6.45) is 5.19. The molecule has 5 heteroatoms. The normalized spacial score (nSPS) is 28.8. The summed E-state index contributed by atoms with van der Waals surface area (Å²) in [5.41, 5.74) is 5.59. The predicted octanol–water partition coefficient (Wildman–Crippen LogP) is 1.31. The zero-order valence-corrected chi connectivity index (χ0v) is 9.09. The van der Waals surface area contributed by atoms with Gasteiger partial charge in [0.1, 0.15) is 0 Å². The van der Waals surface area contributed by atoms with Crippen LogP contribution in [0.4, 0.5) is 0 Å². The van der Waals surface area contributed by atoms with Gasteiger partial charge in [0.25, 0.3) is 0 Å². The molecule has 3 N–H and O–H groups in total. The number of carboxylic acid groups (broad SMARTS) is 1. The molecule has 0 spiro atoms. The summed E-state index contributed by atoms with van der Waals surface area (Å²) in [6.45, 7) is 0. The molecule has 2 atom stereocenters. The quantitative estimate of drug-likeness (QED) is 0.539. The highest BCUT2D eigenvalue weighted by Gasteiger charge is 2.26. The zero-order chi connectivity index (χ0) is 10.6. The van der Waals surface area contributed by atoms with Gasteiger partial charge in [0.2, 0.25) is 0 Å². The molecular weight excluding hydrogens is 200 g/mol. The van der Waals surface area contributed by atoms with Crippen molar-refractivity contribution in [2.24, 2.45) is 16.6 Å². The fourth-order valence-corrected chi connectivity index (χ4v) is 1.99. The summed E-state index contributed by atoms with van der Waals surface area (Å²) in [4.78, 5) is 15.1. The number of nitrogens with zero attached hydrogens (tertiary/aromatic N) is 1. The third-order valence-corrected chi connectivity index (χ3v) is 3.04. The maximum absolute atomic E-state index is 10.8. The van der Waals surface area contributed by atoms with Crippen LogP contribution in [0.25, 0.3) is 0 Å². The largest absolute Gasteiger partial charge is 0.481 e. The summed E-state index contributed by atoms with van der Waals surface area (Å²) >= 11 is 1.41. The first-order valence-corrected chi connectivity index (χ1v) is 5.96. The molecule has 0 amide bonds. The maximum atomic E-state index is 10.8. The Morgan fingerprint density at radius 1 is 1.57 bits per heavy atom. The van der Waals surface area contributed by atoms with Crippen LogP contribution in [0.2, 0.25) is 0 Å². The van der Waals surface area contributed by atoms with Gasteiger partial charge in [-0.3, -0.25) is 9.79 Å². The Morgan fingerprint density at radius 2 is 2.29 bits per heavy atom. The number of aliphatic carboxylic acids is 1. The topological polar surface area (TPSA) is 75.7 Å². The van der Waals surface area contributed by atoms with Crippen molar-refractivity contribution in [3.8, 4) is 0 Å². The molecule has 0 aromatic heterocycles. The lowest BCUT2D eigenvalue weighted by Gasteiger charge is -2.23. The minimum atomic E-state index is -0.701. The van der Waals surface area contributed by atoms with Gasteiger partial charge in [-0.05, 0) is 25.5 Å². The van der Waals surface area contributed by atoms with E-state index >= 15 is 0 Å². The van der Waals surface area contributed by atoms with Crippen LogP contribution < -0.4 is 5.73 Å². The molecule has 0 aliphatic heterocycles. The fraction of sp³-hybridized carbons (Fsp3) is 0.778. The lowest BCUT2D eigenvalue weighted by Crippen LogP contribution is -2.26. The lowest BCUT2D eigenvalue weighted by atomic mass is 9.86. The number of amidine groups is 1. The van der Waals surface area contributed by atoms with Gasteiger partial charge < -0.3 is 10.8 Å². The number of hydrogen-bond donors (Lipinski definition) is 2. The van der Waals surface area contributed by atoms with Crippen molar-refractivity contribution in [1.82, 2.24) is 0 Å². The maximum Gasteiger partial charge on any atom is 0.306 e. The van der Waals surface area contributed by atoms with E-state index in [9.17, 15) is 4.79 Å². The molecule has 0 aromatic carbocycles. The number of carbonyl (C=O) groups is 1. The average molecular weight is 216 g/mol. The van der Waals surface area contributed by atoms with E-state index in [1.54, 1.807) is 0 Å². The Balaban J connectivity index is 2.52. The second-order valence-electron chi connectivity index (χ2n) is 3.53. The van der Waals surface area contributed by atoms with E-state index in [1.165, 1.54) is 11.8 Å². The van der Waals surface area contributed by atoms with Crippen LogP contribution in [0.3, 0.4) is 0 Å². The van der Waals surface area contributed by atoms with Crippen LogP contribution in [0, 0.1) is 5.92 Å². The molecule has 0 aromatic rings. The zero-order valence-electron chi connectivity index (χ0n) is 8.27. The number of nitrogens with two attached hydrogens (primary N) is 1. The summed E-state index contributed by atoms with van der Waals surface area (Å²) in [6, 6.07) is 0.109. The molecule has 0 bridgehead atoms. The van der Waals surface area contributed by atoms with E-state index < -0.39 is 5.97 Å². The number of aliphatic imine (C=N–C) groups is 1. The molecule has 4 nitrogen and oxygen atoms in total. The summed E-state index contributed by atoms with van der Waals surface area (Å²) in [7, 11) is 0. The van der Waals surface area contributed by atoms with E-state index in [0.29, 0.717) is 11.6 Å². The molecule has 0 radical (unpaired) electrons. The monoisotopic (exact) mass is 216 g/mol. The van der Waals surface area contributed by atoms with Gasteiger partial charge in [-0.15, -0.1) is 0 Å². The highest BCUT2D eigenvalue weighted by molar-refractivity contribution is 8.13. The van der Waals surface area contributed by atoms with Gasteiger partial charge in [0, 0.05) is 0 Å². The Morgan fingerprint density at radius 3 is 2.86 bits per heavy atom. The first-order valence-electron chi connectivity index (χ1n) is 4.73. The van der Waals surface area contributed by atoms with Gasteiger partial charge in [0.15, 0.2) is 5.17 Å². The minimum absolute atomic E-state index is 0.109. The number of hydrogen-bond acceptors (Lipinski definition) is 3. The Bertz CT molecular complexity index is 243. The van der Waals surface area contributed by atoms with Gasteiger partial charge in [0.05, 0.1) is 12.0 Å². The van der Waals surface area contributed by atoms with E-state index in [1.807, 2.05) is 6.26 Å². The number of rotatable bonds is 2. The Labute approximate surface area is 88.0 Å². The second-order valence-corrected chi connectivity index (χ2v) is 4.35. The molecule has 1 aliphatic rings. The van der Waals surface area contributed by atoms with E-state index in [0.717, 1.165) is 19.3 Å². The highest BCUT2D eigenvalue weighted by atomic mass is 32.2. The van der Waals surface area contributed by atoms with Crippen LogP contribution in [-0.2, 0) is 4.79 Å². The summed E-state index contributed by atoms with van der Waals surface area (Å²) in [5, 5.41) is 9.42. The van der Waals surface area contributed by atoms with Crippen LogP contribution in [0.15, 0.2) is 4.99 Å². The van der Waals surface area contributed by atoms with Gasteiger partial charge in [-0.2, -0.15) is 0 Å². The first-order chi connectivity index (χ1) is 6.63. The van der Waals surface area contributed by atoms with Crippen molar-refractivity contribution < 1.29 is 9.90 Å². The van der Waals surface area contributed by atoms with E-state index in [2.05, 4.69) is 4.99 Å². The molecule has 1 saturated carbocycles. The van der Waals surface area contributed by atoms with Crippen molar-refractivity contribution in [3.05, 3.63) is 0 Å². The number of carboxylic acids is 1. The van der Waals surface area contributed by atoms with Crippen LogP contribution in [-0.4, -0.2) is 28.5 Å². The van der Waals surface area contributed by atoms with Crippen molar-refractivity contribution in [1.29, 1.82) is 0 Å². The van der Waals surface area contributed by atoms with Crippen molar-refractivity contribution in [2.45, 2.75) is 31.7 Å². The predicted molar refractivity (Wildman–Crippen MR) is 58.5 cm³/mol. The van der Waals surface area contributed by atoms with Gasteiger partial charge >= 0.3 is 5.97 Å². The summed E-state index contributed by atoms with van der Waals surface area (Å²) < 4.78 is 0. The van der Waals surface area contributed by atoms with Crippen molar-refractivity contribution >= 4 is 22.9 Å². The standard InChI is InChI=1S/C9H16N2O2S/c1-14-9(10)11-7-4-2-3-6(5-7)8(12)13/h6-7H,2-5H2,1H3,(H2,10,11)(H,12,13). The Hall–Kier alpha value is -0.710. The molecular formula is C9H16N2O2S. The molecule has 0 saturated heterocycles. The molecule has 80 valence electrons. The average Bonchev–Trinajstić information content (AvgIpc) is 2.18. The van der Waals surface area contributed by atoms with Gasteiger partial charge in [-0.1, -0.05) is 18.2 Å². The smallest absolute Gasteiger partial charge is 0.306 e. The summed E-state index contributed by atoms with van der Waals surface area (Å²) in [5.74, 6) is -0.931. The number of thioether (sulfide) groups is 1.